The maximum absolute atomic E-state index is 5.37. The molecule has 17 heavy (non-hydrogen) atoms. The van der Waals surface area contributed by atoms with Crippen LogP contribution in [0.5, 0.6) is 0 Å². The van der Waals surface area contributed by atoms with Gasteiger partial charge in [0.25, 0.3) is 0 Å². The molecule has 3 heterocycles. The zero-order chi connectivity index (χ0) is 11.8. The number of rotatable bonds is 2. The Labute approximate surface area is 98.7 Å². The monoisotopic (exact) mass is 231 g/mol. The van der Waals surface area contributed by atoms with E-state index in [0.29, 0.717) is 6.67 Å². The minimum Gasteiger partial charge on any atom is -0.311 e. The Morgan fingerprint density at radius 2 is 2.29 bits per heavy atom. The van der Waals surface area contributed by atoms with Crippen LogP contribution in [0.15, 0.2) is 24.8 Å². The fourth-order valence-electron chi connectivity index (χ4n) is 1.93. The van der Waals surface area contributed by atoms with Crippen molar-refractivity contribution in [3.8, 4) is 0 Å². The highest BCUT2D eigenvalue weighted by Gasteiger charge is 2.20. The Kier molecular flexibility index (Phi) is 2.22. The number of imidazole rings is 1. The molecule has 0 bridgehead atoms. The van der Waals surface area contributed by atoms with Crippen LogP contribution in [0, 0.1) is 0 Å². The highest BCUT2D eigenvalue weighted by molar-refractivity contribution is 5.78. The second-order valence-electron chi connectivity index (χ2n) is 3.89. The third kappa shape index (κ3) is 1.62. The average molecular weight is 231 g/mol. The number of aryl methyl sites for hydroxylation is 1. The standard InChI is InChI=1S/C11H13N5O/c1-14-7-9(6-13-14)10-5-11-12-3-4-15(11)8-16(10)17-2/h3-7H,8H2,1-2H3. The van der Waals surface area contributed by atoms with Gasteiger partial charge in [-0.2, -0.15) is 5.10 Å². The Morgan fingerprint density at radius 3 is 3.00 bits per heavy atom. The van der Waals surface area contributed by atoms with Crippen LogP contribution >= 0.6 is 0 Å². The van der Waals surface area contributed by atoms with Crippen molar-refractivity contribution in [2.45, 2.75) is 6.67 Å². The number of aromatic nitrogens is 4. The van der Waals surface area contributed by atoms with Gasteiger partial charge in [0, 0.05) is 37.3 Å². The van der Waals surface area contributed by atoms with Crippen LogP contribution in [-0.2, 0) is 18.6 Å². The summed E-state index contributed by atoms with van der Waals surface area (Å²) in [6, 6.07) is 0. The van der Waals surface area contributed by atoms with Crippen LogP contribution in [0.2, 0.25) is 0 Å². The van der Waals surface area contributed by atoms with E-state index in [2.05, 4.69) is 10.1 Å². The molecule has 6 nitrogen and oxygen atoms in total. The van der Waals surface area contributed by atoms with E-state index in [1.807, 2.05) is 41.3 Å². The molecule has 88 valence electrons. The normalized spacial score (nSPS) is 14.7. The second kappa shape index (κ2) is 3.74. The van der Waals surface area contributed by atoms with Gasteiger partial charge in [-0.15, -0.1) is 0 Å². The summed E-state index contributed by atoms with van der Waals surface area (Å²) < 4.78 is 3.79. The van der Waals surface area contributed by atoms with E-state index in [1.54, 1.807) is 18.0 Å². The molecule has 0 aromatic carbocycles. The van der Waals surface area contributed by atoms with Crippen LogP contribution < -0.4 is 0 Å². The van der Waals surface area contributed by atoms with Crippen LogP contribution in [0.25, 0.3) is 11.8 Å². The molecular weight excluding hydrogens is 218 g/mol. The summed E-state index contributed by atoms with van der Waals surface area (Å²) in [6.45, 7) is 0.632. The molecule has 2 aromatic heterocycles. The minimum atomic E-state index is 0.632. The summed E-state index contributed by atoms with van der Waals surface area (Å²) in [7, 11) is 3.55. The van der Waals surface area contributed by atoms with Crippen molar-refractivity contribution in [3.05, 3.63) is 36.2 Å². The average Bonchev–Trinajstić information content (AvgIpc) is 2.94. The zero-order valence-electron chi connectivity index (χ0n) is 9.74. The summed E-state index contributed by atoms with van der Waals surface area (Å²) in [5, 5.41) is 5.98. The number of hydrogen-bond donors (Lipinski definition) is 0. The number of hydrogen-bond acceptors (Lipinski definition) is 4. The van der Waals surface area contributed by atoms with Crippen molar-refractivity contribution >= 4 is 11.8 Å². The van der Waals surface area contributed by atoms with E-state index in [4.69, 9.17) is 4.84 Å². The lowest BCUT2D eigenvalue weighted by molar-refractivity contribution is -0.100. The van der Waals surface area contributed by atoms with Gasteiger partial charge in [-0.25, -0.2) is 10.0 Å². The van der Waals surface area contributed by atoms with E-state index in [0.717, 1.165) is 17.1 Å². The first-order valence-corrected chi connectivity index (χ1v) is 5.31. The van der Waals surface area contributed by atoms with Crippen molar-refractivity contribution in [2.75, 3.05) is 7.11 Å². The predicted molar refractivity (Wildman–Crippen MR) is 62.2 cm³/mol. The molecule has 1 aliphatic heterocycles. The summed E-state index contributed by atoms with van der Waals surface area (Å²) in [5.74, 6) is 0.928. The first-order chi connectivity index (χ1) is 8.28. The van der Waals surface area contributed by atoms with Crippen molar-refractivity contribution in [1.29, 1.82) is 0 Å². The van der Waals surface area contributed by atoms with Crippen molar-refractivity contribution in [1.82, 2.24) is 24.4 Å². The Morgan fingerprint density at radius 1 is 1.41 bits per heavy atom. The van der Waals surface area contributed by atoms with Gasteiger partial charge in [-0.3, -0.25) is 9.52 Å². The van der Waals surface area contributed by atoms with E-state index in [-0.39, 0.29) is 0 Å². The Hall–Kier alpha value is -2.08. The maximum atomic E-state index is 5.37. The van der Waals surface area contributed by atoms with Gasteiger partial charge >= 0.3 is 0 Å². The fraction of sp³-hybridized carbons (Fsp3) is 0.273. The maximum Gasteiger partial charge on any atom is 0.136 e. The van der Waals surface area contributed by atoms with Crippen molar-refractivity contribution in [2.24, 2.45) is 7.05 Å². The topological polar surface area (TPSA) is 48.1 Å². The molecule has 1 aliphatic rings. The predicted octanol–water partition coefficient (Wildman–Crippen LogP) is 0.949. The lowest BCUT2D eigenvalue weighted by Crippen LogP contribution is -2.27. The molecule has 0 radical (unpaired) electrons. The second-order valence-corrected chi connectivity index (χ2v) is 3.89. The third-order valence-corrected chi connectivity index (χ3v) is 2.78. The van der Waals surface area contributed by atoms with Crippen LogP contribution in [0.3, 0.4) is 0 Å². The van der Waals surface area contributed by atoms with E-state index >= 15 is 0 Å². The quantitative estimate of drug-likeness (QED) is 0.772. The van der Waals surface area contributed by atoms with E-state index < -0.39 is 0 Å². The van der Waals surface area contributed by atoms with Crippen LogP contribution in [-0.4, -0.2) is 31.5 Å². The molecule has 0 amide bonds. The summed E-state index contributed by atoms with van der Waals surface area (Å²) in [6.07, 6.45) is 9.47. The molecule has 2 aromatic rings. The summed E-state index contributed by atoms with van der Waals surface area (Å²) >= 11 is 0. The van der Waals surface area contributed by atoms with Gasteiger partial charge < -0.3 is 4.57 Å². The largest absolute Gasteiger partial charge is 0.311 e. The molecule has 0 atom stereocenters. The smallest absolute Gasteiger partial charge is 0.136 e. The zero-order valence-corrected chi connectivity index (χ0v) is 9.74. The van der Waals surface area contributed by atoms with Gasteiger partial charge in [0.2, 0.25) is 0 Å². The lowest BCUT2D eigenvalue weighted by atomic mass is 10.2. The van der Waals surface area contributed by atoms with Crippen LogP contribution in [0.4, 0.5) is 0 Å². The molecule has 0 spiro atoms. The van der Waals surface area contributed by atoms with Gasteiger partial charge in [-0.1, -0.05) is 0 Å². The Bertz CT molecular complexity index is 568. The fourth-order valence-corrected chi connectivity index (χ4v) is 1.93. The van der Waals surface area contributed by atoms with Gasteiger partial charge in [-0.05, 0) is 0 Å². The van der Waals surface area contributed by atoms with E-state index in [1.165, 1.54) is 0 Å². The highest BCUT2D eigenvalue weighted by Crippen LogP contribution is 2.26. The van der Waals surface area contributed by atoms with E-state index in [9.17, 15) is 0 Å². The van der Waals surface area contributed by atoms with Crippen LogP contribution in [0.1, 0.15) is 11.4 Å². The molecular formula is C11H13N5O. The summed E-state index contributed by atoms with van der Waals surface area (Å²) in [4.78, 5) is 9.66. The molecule has 0 N–H and O–H groups in total. The highest BCUT2D eigenvalue weighted by atomic mass is 16.7. The number of nitrogens with zero attached hydrogens (tertiary/aromatic N) is 5. The number of hydroxylamine groups is 2. The SMILES string of the molecule is CON1Cn2ccnc2C=C1c1cnn(C)c1. The number of fused-ring (bicyclic) bond motifs is 1. The van der Waals surface area contributed by atoms with Gasteiger partial charge in [0.1, 0.15) is 12.5 Å². The molecule has 0 saturated heterocycles. The molecule has 0 aliphatic carbocycles. The molecule has 0 fully saturated rings. The lowest BCUT2D eigenvalue weighted by Gasteiger charge is -2.28. The molecule has 0 saturated carbocycles. The third-order valence-electron chi connectivity index (χ3n) is 2.78. The first-order valence-electron chi connectivity index (χ1n) is 5.31. The minimum absolute atomic E-state index is 0.632. The van der Waals surface area contributed by atoms with Gasteiger partial charge in [0.15, 0.2) is 0 Å². The van der Waals surface area contributed by atoms with Crippen molar-refractivity contribution in [3.63, 3.8) is 0 Å². The molecule has 0 unspecified atom stereocenters. The molecule has 3 rings (SSSR count). The Balaban J connectivity index is 2.07. The van der Waals surface area contributed by atoms with Gasteiger partial charge in [0.05, 0.1) is 19.0 Å². The van der Waals surface area contributed by atoms with Crippen molar-refractivity contribution < 1.29 is 4.84 Å². The molecule has 6 heteroatoms. The summed E-state index contributed by atoms with van der Waals surface area (Å²) in [5.41, 5.74) is 1.99. The first kappa shape index (κ1) is 10.1.